The zero-order chi connectivity index (χ0) is 26.3. The summed E-state index contributed by atoms with van der Waals surface area (Å²) in [5, 5.41) is 5.63. The van der Waals surface area contributed by atoms with Crippen LogP contribution in [0.25, 0.3) is 27.7 Å². The van der Waals surface area contributed by atoms with Crippen molar-refractivity contribution in [1.29, 1.82) is 0 Å². The highest BCUT2D eigenvalue weighted by atomic mass is 32.2. The average molecular weight is 524 g/mol. The SMILES string of the molecule is CC/C(=C1\c2cc3cnn(-c4cccnc4)c3cc2COc2ncccc21)c1cccc(NS(C)(=O)=O)c1. The monoisotopic (exact) mass is 523 g/mol. The smallest absolute Gasteiger partial charge is 0.229 e. The van der Waals surface area contributed by atoms with Gasteiger partial charge in [-0.3, -0.25) is 9.71 Å². The molecule has 0 spiro atoms. The number of sulfonamides is 1. The van der Waals surface area contributed by atoms with Crippen LogP contribution in [0.5, 0.6) is 5.88 Å². The van der Waals surface area contributed by atoms with Gasteiger partial charge in [0.05, 0.1) is 29.9 Å². The van der Waals surface area contributed by atoms with Crippen molar-refractivity contribution < 1.29 is 13.2 Å². The zero-order valence-corrected chi connectivity index (χ0v) is 21.7. The van der Waals surface area contributed by atoms with Crippen LogP contribution in [0.2, 0.25) is 0 Å². The van der Waals surface area contributed by atoms with Crippen molar-refractivity contribution in [3.8, 4) is 11.6 Å². The second-order valence-corrected chi connectivity index (χ2v) is 10.9. The van der Waals surface area contributed by atoms with E-state index in [4.69, 9.17) is 4.74 Å². The molecule has 0 fully saturated rings. The second kappa shape index (κ2) is 9.42. The van der Waals surface area contributed by atoms with Crippen molar-refractivity contribution in [2.75, 3.05) is 11.0 Å². The van der Waals surface area contributed by atoms with Gasteiger partial charge in [0.15, 0.2) is 0 Å². The summed E-state index contributed by atoms with van der Waals surface area (Å²) in [5.74, 6) is 0.563. The van der Waals surface area contributed by atoms with Crippen LogP contribution < -0.4 is 9.46 Å². The van der Waals surface area contributed by atoms with Gasteiger partial charge < -0.3 is 4.74 Å². The predicted molar refractivity (Wildman–Crippen MR) is 149 cm³/mol. The lowest BCUT2D eigenvalue weighted by atomic mass is 9.86. The molecule has 0 atom stereocenters. The molecular formula is C29H25N5O3S. The summed E-state index contributed by atoms with van der Waals surface area (Å²) < 4.78 is 34.5. The lowest BCUT2D eigenvalue weighted by Crippen LogP contribution is -2.09. The first kappa shape index (κ1) is 23.9. The molecule has 2 aromatic carbocycles. The molecule has 1 N–H and O–H groups in total. The number of rotatable bonds is 5. The summed E-state index contributed by atoms with van der Waals surface area (Å²) in [6.07, 6.45) is 8.97. The van der Waals surface area contributed by atoms with Gasteiger partial charge in [-0.05, 0) is 82.8 Å². The van der Waals surface area contributed by atoms with Gasteiger partial charge in [-0.2, -0.15) is 5.10 Å². The molecule has 8 nitrogen and oxygen atoms in total. The highest BCUT2D eigenvalue weighted by Gasteiger charge is 2.25. The third-order valence-electron chi connectivity index (χ3n) is 6.53. The van der Waals surface area contributed by atoms with E-state index in [0.29, 0.717) is 24.6 Å². The van der Waals surface area contributed by atoms with Gasteiger partial charge in [0.1, 0.15) is 6.61 Å². The Morgan fingerprint density at radius 2 is 1.89 bits per heavy atom. The Bertz CT molecular complexity index is 1810. The number of pyridine rings is 2. The minimum atomic E-state index is -3.41. The highest BCUT2D eigenvalue weighted by molar-refractivity contribution is 7.92. The van der Waals surface area contributed by atoms with Crippen LogP contribution in [0.15, 0.2) is 85.5 Å². The molecule has 1 aliphatic rings. The number of aromatic nitrogens is 4. The number of hydrogen-bond donors (Lipinski definition) is 1. The molecule has 190 valence electrons. The Morgan fingerprint density at radius 3 is 2.68 bits per heavy atom. The largest absolute Gasteiger partial charge is 0.472 e. The minimum Gasteiger partial charge on any atom is -0.472 e. The number of ether oxygens (including phenoxy) is 1. The molecule has 9 heteroatoms. The Balaban J connectivity index is 1.61. The number of allylic oxidation sites excluding steroid dienone is 1. The maximum absolute atomic E-state index is 11.9. The lowest BCUT2D eigenvalue weighted by molar-refractivity contribution is 0.295. The first-order valence-electron chi connectivity index (χ1n) is 12.2. The number of benzene rings is 2. The zero-order valence-electron chi connectivity index (χ0n) is 20.9. The number of nitrogens with one attached hydrogen (secondary N) is 1. The summed E-state index contributed by atoms with van der Waals surface area (Å²) in [4.78, 5) is 8.78. The number of hydrogen-bond acceptors (Lipinski definition) is 6. The van der Waals surface area contributed by atoms with Crippen molar-refractivity contribution >= 4 is 37.8 Å². The molecule has 0 bridgehead atoms. The molecule has 1 aliphatic heterocycles. The summed E-state index contributed by atoms with van der Waals surface area (Å²) in [6, 6.07) is 19.5. The summed E-state index contributed by atoms with van der Waals surface area (Å²) in [5.41, 5.74) is 8.27. The van der Waals surface area contributed by atoms with Crippen LogP contribution in [0.1, 0.15) is 35.6 Å². The van der Waals surface area contributed by atoms with Crippen molar-refractivity contribution in [2.45, 2.75) is 20.0 Å². The van der Waals surface area contributed by atoms with Crippen LogP contribution >= 0.6 is 0 Å². The summed E-state index contributed by atoms with van der Waals surface area (Å²) in [7, 11) is -3.41. The van der Waals surface area contributed by atoms with Crippen LogP contribution in [0.3, 0.4) is 0 Å². The number of anilines is 1. The first-order chi connectivity index (χ1) is 18.4. The van der Waals surface area contributed by atoms with Crippen molar-refractivity contribution in [1.82, 2.24) is 19.7 Å². The molecule has 6 rings (SSSR count). The van der Waals surface area contributed by atoms with Gasteiger partial charge in [-0.1, -0.05) is 19.1 Å². The minimum absolute atomic E-state index is 0.351. The van der Waals surface area contributed by atoms with Crippen molar-refractivity contribution in [3.63, 3.8) is 0 Å². The standard InChI is InChI=1S/C29H25N5O3S/c1-3-24(19-7-4-8-22(13-19)33-38(2,35)36)28-25-10-6-12-31-29(25)37-18-21-15-27-20(14-26(21)28)16-32-34(27)23-9-5-11-30-17-23/h4-17,33H,3,18H2,1-2H3/b28-24+. The van der Waals surface area contributed by atoms with E-state index >= 15 is 0 Å². The maximum atomic E-state index is 11.9. The van der Waals surface area contributed by atoms with Crippen LogP contribution in [-0.2, 0) is 16.6 Å². The van der Waals surface area contributed by atoms with E-state index in [1.54, 1.807) is 24.7 Å². The summed E-state index contributed by atoms with van der Waals surface area (Å²) in [6.45, 7) is 2.45. The van der Waals surface area contributed by atoms with Gasteiger partial charge in [-0.15, -0.1) is 0 Å². The Kier molecular flexibility index (Phi) is 5.92. The van der Waals surface area contributed by atoms with Gasteiger partial charge >= 0.3 is 0 Å². The van der Waals surface area contributed by atoms with E-state index in [2.05, 4.69) is 38.8 Å². The van der Waals surface area contributed by atoms with E-state index < -0.39 is 10.0 Å². The van der Waals surface area contributed by atoms with Crippen molar-refractivity contribution in [3.05, 3.63) is 108 Å². The van der Waals surface area contributed by atoms with E-state index in [1.807, 2.05) is 53.3 Å². The third kappa shape index (κ3) is 4.41. The van der Waals surface area contributed by atoms with Crippen LogP contribution in [0.4, 0.5) is 5.69 Å². The molecule has 0 unspecified atom stereocenters. The molecule has 0 aliphatic carbocycles. The van der Waals surface area contributed by atoms with E-state index in [-0.39, 0.29) is 0 Å². The fourth-order valence-electron chi connectivity index (χ4n) is 4.98. The number of nitrogens with zero attached hydrogens (tertiary/aromatic N) is 4. The molecule has 0 radical (unpaired) electrons. The van der Waals surface area contributed by atoms with Crippen LogP contribution in [-0.4, -0.2) is 34.4 Å². The molecule has 3 aromatic heterocycles. The Hall–Kier alpha value is -4.50. The predicted octanol–water partition coefficient (Wildman–Crippen LogP) is 5.45. The Labute approximate surface area is 220 Å². The van der Waals surface area contributed by atoms with E-state index in [1.165, 1.54) is 0 Å². The molecule has 0 saturated heterocycles. The second-order valence-electron chi connectivity index (χ2n) is 9.14. The average Bonchev–Trinajstić information content (AvgIpc) is 3.25. The fraction of sp³-hybridized carbons (Fsp3) is 0.138. The highest BCUT2D eigenvalue weighted by Crippen LogP contribution is 2.43. The van der Waals surface area contributed by atoms with E-state index in [9.17, 15) is 8.42 Å². The number of fused-ring (bicyclic) bond motifs is 3. The molecule has 5 aromatic rings. The molecule has 4 heterocycles. The Morgan fingerprint density at radius 1 is 1.03 bits per heavy atom. The maximum Gasteiger partial charge on any atom is 0.229 e. The topological polar surface area (TPSA) is 99.0 Å². The lowest BCUT2D eigenvalue weighted by Gasteiger charge is -2.18. The molecule has 0 amide bonds. The fourth-order valence-corrected chi connectivity index (χ4v) is 5.53. The van der Waals surface area contributed by atoms with Gasteiger partial charge in [0.25, 0.3) is 0 Å². The van der Waals surface area contributed by atoms with E-state index in [0.717, 1.165) is 56.2 Å². The van der Waals surface area contributed by atoms with Crippen molar-refractivity contribution in [2.24, 2.45) is 0 Å². The normalized spacial score (nSPS) is 14.3. The summed E-state index contributed by atoms with van der Waals surface area (Å²) >= 11 is 0. The first-order valence-corrected chi connectivity index (χ1v) is 14.1. The molecule has 0 saturated carbocycles. The van der Waals surface area contributed by atoms with Crippen LogP contribution in [0, 0.1) is 0 Å². The van der Waals surface area contributed by atoms with Gasteiger partial charge in [0.2, 0.25) is 15.9 Å². The third-order valence-corrected chi connectivity index (χ3v) is 7.13. The quantitative estimate of drug-likeness (QED) is 0.329. The van der Waals surface area contributed by atoms with Gasteiger partial charge in [-0.25, -0.2) is 18.1 Å². The molecule has 38 heavy (non-hydrogen) atoms. The van der Waals surface area contributed by atoms with Gasteiger partial charge in [0, 0.05) is 29.0 Å². The molecular weight excluding hydrogens is 498 g/mol.